The van der Waals surface area contributed by atoms with Crippen LogP contribution in [0.25, 0.3) is 10.1 Å². The van der Waals surface area contributed by atoms with E-state index in [9.17, 15) is 0 Å². The molecular weight excluding hydrogens is 222 g/mol. The van der Waals surface area contributed by atoms with Crippen LogP contribution in [0.3, 0.4) is 0 Å². The molecule has 86 valence electrons. The first-order chi connectivity index (χ1) is 7.80. The third-order valence-electron chi connectivity index (χ3n) is 2.38. The second kappa shape index (κ2) is 4.61. The smallest absolute Gasteiger partial charge is 0.178 e. The highest BCUT2D eigenvalue weighted by Crippen LogP contribution is 2.41. The molecule has 0 unspecified atom stereocenters. The summed E-state index contributed by atoms with van der Waals surface area (Å²) in [5.74, 6) is 1.59. The molecule has 0 atom stereocenters. The molecule has 1 heterocycles. The number of benzene rings is 1. The molecular formula is C12H15NO2S. The average molecular weight is 237 g/mol. The Bertz CT molecular complexity index is 493. The van der Waals surface area contributed by atoms with Crippen LogP contribution in [-0.2, 0) is 0 Å². The van der Waals surface area contributed by atoms with Crippen LogP contribution in [0.2, 0.25) is 0 Å². The molecule has 0 saturated heterocycles. The number of fused-ring (bicyclic) bond motifs is 1. The number of hydrogen-bond donors (Lipinski definition) is 1. The van der Waals surface area contributed by atoms with Crippen molar-refractivity contribution in [1.82, 2.24) is 0 Å². The van der Waals surface area contributed by atoms with E-state index in [1.54, 1.807) is 25.6 Å². The molecule has 3 nitrogen and oxygen atoms in total. The van der Waals surface area contributed by atoms with Crippen molar-refractivity contribution in [2.24, 2.45) is 0 Å². The van der Waals surface area contributed by atoms with Gasteiger partial charge in [0.2, 0.25) is 0 Å². The molecule has 1 N–H and O–H groups in total. The molecule has 2 aromatic rings. The Morgan fingerprint density at radius 3 is 2.69 bits per heavy atom. The lowest BCUT2D eigenvalue weighted by molar-refractivity contribution is 0.359. The second-order valence-corrected chi connectivity index (χ2v) is 4.41. The Hall–Kier alpha value is -1.42. The lowest BCUT2D eigenvalue weighted by Crippen LogP contribution is -1.92. The zero-order valence-electron chi connectivity index (χ0n) is 9.66. The summed E-state index contributed by atoms with van der Waals surface area (Å²) >= 11 is 1.69. The number of thiophene rings is 1. The Labute approximate surface area is 99.0 Å². The van der Waals surface area contributed by atoms with Crippen molar-refractivity contribution in [3.05, 3.63) is 18.2 Å². The van der Waals surface area contributed by atoms with Gasteiger partial charge in [-0.2, -0.15) is 0 Å². The first-order valence-electron chi connectivity index (χ1n) is 5.18. The molecule has 16 heavy (non-hydrogen) atoms. The van der Waals surface area contributed by atoms with Crippen LogP contribution in [0.1, 0.15) is 6.92 Å². The number of methoxy groups -OCH3 is 2. The Morgan fingerprint density at radius 2 is 2.06 bits per heavy atom. The topological polar surface area (TPSA) is 30.5 Å². The van der Waals surface area contributed by atoms with Crippen LogP contribution >= 0.6 is 11.3 Å². The van der Waals surface area contributed by atoms with E-state index in [1.807, 2.05) is 12.1 Å². The summed E-state index contributed by atoms with van der Waals surface area (Å²) in [5, 5.41) is 5.64. The summed E-state index contributed by atoms with van der Waals surface area (Å²) in [7, 11) is 3.33. The Morgan fingerprint density at radius 1 is 1.25 bits per heavy atom. The molecule has 0 amide bonds. The Balaban J connectivity index is 2.57. The molecule has 0 fully saturated rings. The van der Waals surface area contributed by atoms with Gasteiger partial charge in [-0.25, -0.2) is 0 Å². The van der Waals surface area contributed by atoms with E-state index in [-0.39, 0.29) is 0 Å². The summed E-state index contributed by atoms with van der Waals surface area (Å²) in [6, 6.07) is 6.11. The minimum atomic E-state index is 0.778. The third kappa shape index (κ3) is 1.80. The standard InChI is InChI=1S/C12H15NO2S/c1-4-13-10-7-8-5-6-9(14-2)11(15-3)12(8)16-10/h5-7,13H,4H2,1-3H3. The van der Waals surface area contributed by atoms with E-state index in [1.165, 1.54) is 5.39 Å². The maximum Gasteiger partial charge on any atom is 0.178 e. The highest BCUT2D eigenvalue weighted by Gasteiger charge is 2.11. The number of ether oxygens (including phenoxy) is 2. The molecule has 0 aliphatic carbocycles. The summed E-state index contributed by atoms with van der Waals surface area (Å²) in [4.78, 5) is 0. The Kier molecular flexibility index (Phi) is 3.19. The van der Waals surface area contributed by atoms with Crippen LogP contribution in [0.15, 0.2) is 18.2 Å². The summed E-state index contributed by atoms with van der Waals surface area (Å²) in [5.41, 5.74) is 0. The minimum absolute atomic E-state index is 0.778. The van der Waals surface area contributed by atoms with Gasteiger partial charge in [-0.1, -0.05) is 0 Å². The second-order valence-electron chi connectivity index (χ2n) is 3.36. The van der Waals surface area contributed by atoms with Crippen molar-refractivity contribution in [2.45, 2.75) is 6.92 Å². The van der Waals surface area contributed by atoms with E-state index < -0.39 is 0 Å². The molecule has 0 saturated carbocycles. The first kappa shape index (κ1) is 11.1. The molecule has 0 aliphatic heterocycles. The van der Waals surface area contributed by atoms with Crippen LogP contribution in [-0.4, -0.2) is 20.8 Å². The van der Waals surface area contributed by atoms with Crippen molar-refractivity contribution in [3.8, 4) is 11.5 Å². The van der Waals surface area contributed by atoms with Crippen molar-refractivity contribution in [2.75, 3.05) is 26.1 Å². The monoisotopic (exact) mass is 237 g/mol. The van der Waals surface area contributed by atoms with E-state index in [4.69, 9.17) is 9.47 Å². The van der Waals surface area contributed by atoms with Gasteiger partial charge in [0.05, 0.1) is 23.9 Å². The van der Waals surface area contributed by atoms with Gasteiger partial charge in [-0.3, -0.25) is 0 Å². The SMILES string of the molecule is CCNc1cc2ccc(OC)c(OC)c2s1. The summed E-state index contributed by atoms with van der Waals surface area (Å²) in [6.07, 6.45) is 0. The van der Waals surface area contributed by atoms with Crippen LogP contribution in [0.4, 0.5) is 5.00 Å². The number of nitrogens with one attached hydrogen (secondary N) is 1. The quantitative estimate of drug-likeness (QED) is 0.884. The summed E-state index contributed by atoms with van der Waals surface area (Å²) in [6.45, 7) is 3.01. The minimum Gasteiger partial charge on any atom is -0.493 e. The third-order valence-corrected chi connectivity index (χ3v) is 3.49. The number of anilines is 1. The van der Waals surface area contributed by atoms with Crippen LogP contribution in [0.5, 0.6) is 11.5 Å². The fourth-order valence-corrected chi connectivity index (χ4v) is 2.82. The molecule has 4 heteroatoms. The van der Waals surface area contributed by atoms with Crippen LogP contribution in [0, 0.1) is 0 Å². The predicted octanol–water partition coefficient (Wildman–Crippen LogP) is 3.35. The average Bonchev–Trinajstić information content (AvgIpc) is 2.70. The van der Waals surface area contributed by atoms with E-state index >= 15 is 0 Å². The van der Waals surface area contributed by atoms with E-state index in [0.717, 1.165) is 27.7 Å². The van der Waals surface area contributed by atoms with E-state index in [2.05, 4.69) is 18.3 Å². The maximum absolute atomic E-state index is 5.40. The van der Waals surface area contributed by atoms with Gasteiger partial charge in [0.15, 0.2) is 11.5 Å². The first-order valence-corrected chi connectivity index (χ1v) is 6.00. The lowest BCUT2D eigenvalue weighted by atomic mass is 10.2. The van der Waals surface area contributed by atoms with E-state index in [0.29, 0.717) is 0 Å². The molecule has 2 rings (SSSR count). The highest BCUT2D eigenvalue weighted by molar-refractivity contribution is 7.23. The predicted molar refractivity (Wildman–Crippen MR) is 69.1 cm³/mol. The van der Waals surface area contributed by atoms with Crippen molar-refractivity contribution >= 4 is 26.4 Å². The van der Waals surface area contributed by atoms with Crippen molar-refractivity contribution < 1.29 is 9.47 Å². The lowest BCUT2D eigenvalue weighted by Gasteiger charge is -2.07. The molecule has 0 spiro atoms. The van der Waals surface area contributed by atoms with Gasteiger partial charge in [0, 0.05) is 6.54 Å². The summed E-state index contributed by atoms with van der Waals surface area (Å²) < 4.78 is 11.8. The molecule has 0 bridgehead atoms. The van der Waals surface area contributed by atoms with Gasteiger partial charge < -0.3 is 14.8 Å². The van der Waals surface area contributed by atoms with Gasteiger partial charge in [-0.05, 0) is 30.5 Å². The fraction of sp³-hybridized carbons (Fsp3) is 0.333. The zero-order chi connectivity index (χ0) is 11.5. The molecule has 0 radical (unpaired) electrons. The van der Waals surface area contributed by atoms with Crippen molar-refractivity contribution in [1.29, 1.82) is 0 Å². The zero-order valence-corrected chi connectivity index (χ0v) is 10.5. The van der Waals surface area contributed by atoms with Crippen LogP contribution < -0.4 is 14.8 Å². The van der Waals surface area contributed by atoms with Gasteiger partial charge in [0.1, 0.15) is 0 Å². The maximum atomic E-state index is 5.40. The van der Waals surface area contributed by atoms with Gasteiger partial charge in [0.25, 0.3) is 0 Å². The normalized spacial score (nSPS) is 10.4. The molecule has 1 aromatic heterocycles. The molecule has 1 aromatic carbocycles. The number of hydrogen-bond acceptors (Lipinski definition) is 4. The fourth-order valence-electron chi connectivity index (χ4n) is 1.67. The highest BCUT2D eigenvalue weighted by atomic mass is 32.1. The largest absolute Gasteiger partial charge is 0.493 e. The van der Waals surface area contributed by atoms with Crippen molar-refractivity contribution in [3.63, 3.8) is 0 Å². The van der Waals surface area contributed by atoms with Gasteiger partial charge in [-0.15, -0.1) is 11.3 Å². The number of rotatable bonds is 4. The van der Waals surface area contributed by atoms with Gasteiger partial charge >= 0.3 is 0 Å². The molecule has 0 aliphatic rings.